The van der Waals surface area contributed by atoms with Gasteiger partial charge in [0.25, 0.3) is 0 Å². The van der Waals surface area contributed by atoms with E-state index in [1.807, 2.05) is 25.7 Å². The Labute approximate surface area is 231 Å². The molecule has 2 bridgehead atoms. The fraction of sp³-hybridized carbons (Fsp3) is 0.821. The summed E-state index contributed by atoms with van der Waals surface area (Å²) in [5, 5.41) is 13.7. The number of nitrogens with zero attached hydrogens (tertiary/aromatic N) is 1. The lowest BCUT2D eigenvalue weighted by atomic mass is 9.44. The lowest BCUT2D eigenvalue weighted by Crippen LogP contribution is -2.63. The normalized spacial score (nSPS) is 42.0. The Morgan fingerprint density at radius 1 is 1.18 bits per heavy atom. The zero-order valence-electron chi connectivity index (χ0n) is 23.6. The minimum atomic E-state index is -3.00. The number of hydrogen-bond acceptors (Lipinski definition) is 9. The lowest BCUT2D eigenvalue weighted by Gasteiger charge is -2.61. The van der Waals surface area contributed by atoms with Crippen molar-refractivity contribution in [1.29, 1.82) is 0 Å². The molecule has 3 saturated carbocycles. The topological polar surface area (TPSA) is 139 Å². The monoisotopic (exact) mass is 568 g/mol. The number of sulfone groups is 1. The van der Waals surface area contributed by atoms with E-state index < -0.39 is 45.1 Å². The highest BCUT2D eigenvalue weighted by molar-refractivity contribution is 7.91. The van der Waals surface area contributed by atoms with E-state index in [2.05, 4.69) is 18.8 Å². The summed E-state index contributed by atoms with van der Waals surface area (Å²) in [5.74, 6) is -0.103. The molecule has 0 aromatic heterocycles. The number of hydrogen-bond donors (Lipinski definition) is 2. The van der Waals surface area contributed by atoms with E-state index in [1.54, 1.807) is 6.08 Å². The molecule has 11 heteroatoms. The van der Waals surface area contributed by atoms with Crippen molar-refractivity contribution < 1.29 is 37.4 Å². The third kappa shape index (κ3) is 5.38. The first kappa shape index (κ1) is 30.0. The fourth-order valence-corrected chi connectivity index (χ4v) is 9.30. The number of alkyl carbamates (subject to hydrolysis) is 2. The molecule has 0 radical (unpaired) electrons. The standard InChI is InChI=1S/C28H44N2O8S/c1-6-26(4)17-21(38-25(34)29-24(33)37-14-11-30-12-15-39(35,36)16-13-30)27(5)18(2)7-9-28(19(3)23(26)32)10-8-20(31)22(27)28/h6,18-19,21-23,32H,1,7-17H2,2-5H3,(H,29,33,34)/t18?,19-,21+,22-,23-,26+,27+,28-/m0/s1. The summed E-state index contributed by atoms with van der Waals surface area (Å²) in [7, 11) is -3.00. The van der Waals surface area contributed by atoms with Crippen molar-refractivity contribution in [1.82, 2.24) is 10.2 Å². The van der Waals surface area contributed by atoms with Crippen molar-refractivity contribution in [3.63, 3.8) is 0 Å². The molecule has 1 heterocycles. The quantitative estimate of drug-likeness (QED) is 0.479. The van der Waals surface area contributed by atoms with E-state index in [0.29, 0.717) is 32.5 Å². The molecule has 4 aliphatic rings. The number of nitrogens with one attached hydrogen (secondary N) is 1. The molecule has 8 atom stereocenters. The minimum Gasteiger partial charge on any atom is -0.448 e. The SMILES string of the molecule is C=C[C@]1(C)C[C@@H](OC(=O)NC(=O)OCCN2CCS(=O)(=O)CC2)[C@@]2(C)C(C)CC[C@]3(CCC(=O)[C@H]32)[C@@H](C)[C@@H]1O. The van der Waals surface area contributed by atoms with Gasteiger partial charge in [0.1, 0.15) is 18.5 Å². The third-order valence-corrected chi connectivity index (χ3v) is 12.4. The summed E-state index contributed by atoms with van der Waals surface area (Å²) in [4.78, 5) is 40.7. The molecule has 39 heavy (non-hydrogen) atoms. The van der Waals surface area contributed by atoms with E-state index in [4.69, 9.17) is 9.47 Å². The Hall–Kier alpha value is -1.98. The zero-order valence-corrected chi connectivity index (χ0v) is 24.4. The van der Waals surface area contributed by atoms with Gasteiger partial charge >= 0.3 is 12.2 Å². The van der Waals surface area contributed by atoms with Gasteiger partial charge in [-0.25, -0.2) is 23.3 Å². The molecular weight excluding hydrogens is 524 g/mol. The number of amides is 2. The van der Waals surface area contributed by atoms with Crippen LogP contribution in [-0.2, 0) is 24.1 Å². The van der Waals surface area contributed by atoms with E-state index in [-0.39, 0.29) is 53.5 Å². The molecule has 4 rings (SSSR count). The van der Waals surface area contributed by atoms with Crippen LogP contribution in [0.1, 0.15) is 59.8 Å². The van der Waals surface area contributed by atoms with Crippen LogP contribution in [0, 0.1) is 34.0 Å². The smallest absolute Gasteiger partial charge is 0.416 e. The first-order valence-corrected chi connectivity index (χ1v) is 15.9. The molecule has 0 aromatic rings. The van der Waals surface area contributed by atoms with E-state index in [1.165, 1.54) is 0 Å². The second-order valence-electron chi connectivity index (χ2n) is 12.7. The number of ketones is 1. The molecule has 4 fully saturated rings. The fourth-order valence-electron chi connectivity index (χ4n) is 8.02. The molecule has 0 spiro atoms. The molecule has 1 saturated heterocycles. The molecular formula is C28H44N2O8S. The summed E-state index contributed by atoms with van der Waals surface area (Å²) in [6.07, 6.45) is 1.40. The van der Waals surface area contributed by atoms with Gasteiger partial charge in [-0.3, -0.25) is 9.69 Å². The van der Waals surface area contributed by atoms with Gasteiger partial charge in [0.05, 0.1) is 17.6 Å². The molecule has 1 unspecified atom stereocenters. The van der Waals surface area contributed by atoms with Crippen LogP contribution in [0.3, 0.4) is 0 Å². The van der Waals surface area contributed by atoms with E-state index in [9.17, 15) is 27.9 Å². The Bertz CT molecular complexity index is 1100. The van der Waals surface area contributed by atoms with Gasteiger partial charge < -0.3 is 14.6 Å². The van der Waals surface area contributed by atoms with Crippen LogP contribution >= 0.6 is 0 Å². The lowest BCUT2D eigenvalue weighted by molar-refractivity contribution is -0.191. The Morgan fingerprint density at radius 3 is 2.49 bits per heavy atom. The molecule has 10 nitrogen and oxygen atoms in total. The number of carbonyl (C=O) groups excluding carboxylic acids is 3. The summed E-state index contributed by atoms with van der Waals surface area (Å²) >= 11 is 0. The van der Waals surface area contributed by atoms with Crippen LogP contribution < -0.4 is 5.32 Å². The highest BCUT2D eigenvalue weighted by atomic mass is 32.2. The van der Waals surface area contributed by atoms with Crippen molar-refractivity contribution >= 4 is 27.8 Å². The van der Waals surface area contributed by atoms with Crippen LogP contribution in [0.25, 0.3) is 0 Å². The van der Waals surface area contributed by atoms with E-state index in [0.717, 1.165) is 12.8 Å². The van der Waals surface area contributed by atoms with Crippen LogP contribution in [0.5, 0.6) is 0 Å². The average molecular weight is 569 g/mol. The maximum Gasteiger partial charge on any atom is 0.416 e. The number of Topliss-reactive ketones (excluding diaryl/α,β-unsaturated/α-hetero) is 1. The van der Waals surface area contributed by atoms with Crippen molar-refractivity contribution in [2.24, 2.45) is 34.0 Å². The van der Waals surface area contributed by atoms with Crippen LogP contribution in [0.15, 0.2) is 12.7 Å². The summed E-state index contributed by atoms with van der Waals surface area (Å²) in [5.41, 5.74) is -1.83. The third-order valence-electron chi connectivity index (χ3n) is 10.8. The Balaban J connectivity index is 1.47. The number of rotatable bonds is 5. The van der Waals surface area contributed by atoms with Gasteiger partial charge in [-0.15, -0.1) is 6.58 Å². The number of carbonyl (C=O) groups is 3. The van der Waals surface area contributed by atoms with Crippen molar-refractivity contribution in [2.45, 2.75) is 72.0 Å². The largest absolute Gasteiger partial charge is 0.448 e. The molecule has 3 aliphatic carbocycles. The second kappa shape index (κ2) is 10.8. The highest BCUT2D eigenvalue weighted by Gasteiger charge is 2.68. The van der Waals surface area contributed by atoms with Gasteiger partial charge in [-0.05, 0) is 42.9 Å². The van der Waals surface area contributed by atoms with Gasteiger partial charge in [0.2, 0.25) is 0 Å². The van der Waals surface area contributed by atoms with Gasteiger partial charge in [-0.2, -0.15) is 0 Å². The van der Waals surface area contributed by atoms with Gasteiger partial charge in [0, 0.05) is 42.8 Å². The van der Waals surface area contributed by atoms with Crippen molar-refractivity contribution in [3.05, 3.63) is 12.7 Å². The Kier molecular flexibility index (Phi) is 8.29. The predicted molar refractivity (Wildman–Crippen MR) is 145 cm³/mol. The van der Waals surface area contributed by atoms with Crippen molar-refractivity contribution in [3.8, 4) is 0 Å². The van der Waals surface area contributed by atoms with Gasteiger partial charge in [-0.1, -0.05) is 33.8 Å². The summed E-state index contributed by atoms with van der Waals surface area (Å²) < 4.78 is 34.3. The summed E-state index contributed by atoms with van der Waals surface area (Å²) in [6, 6.07) is 0. The first-order valence-electron chi connectivity index (χ1n) is 14.1. The number of imide groups is 1. The predicted octanol–water partition coefficient (Wildman–Crippen LogP) is 2.94. The van der Waals surface area contributed by atoms with Gasteiger partial charge in [0.15, 0.2) is 9.84 Å². The van der Waals surface area contributed by atoms with Crippen LogP contribution in [0.4, 0.5) is 9.59 Å². The number of ether oxygens (including phenoxy) is 2. The second-order valence-corrected chi connectivity index (χ2v) is 15.0. The minimum absolute atomic E-state index is 0.00491. The van der Waals surface area contributed by atoms with Crippen molar-refractivity contribution in [2.75, 3.05) is 37.7 Å². The van der Waals surface area contributed by atoms with Crippen LogP contribution in [-0.4, -0.2) is 86.3 Å². The van der Waals surface area contributed by atoms with E-state index >= 15 is 0 Å². The highest BCUT2D eigenvalue weighted by Crippen LogP contribution is 2.67. The number of aliphatic hydroxyl groups excluding tert-OH is 1. The molecule has 2 amide bonds. The average Bonchev–Trinajstić information content (AvgIpc) is 3.23. The number of aliphatic hydroxyl groups is 1. The zero-order chi connectivity index (χ0) is 28.8. The molecule has 1 aliphatic heterocycles. The van der Waals surface area contributed by atoms with Crippen LogP contribution in [0.2, 0.25) is 0 Å². The molecule has 220 valence electrons. The first-order chi connectivity index (χ1) is 18.2. The molecule has 2 N–H and O–H groups in total. The maximum atomic E-state index is 13.4. The molecule has 0 aromatic carbocycles. The Morgan fingerprint density at radius 2 is 1.85 bits per heavy atom. The maximum absolute atomic E-state index is 13.4. The summed E-state index contributed by atoms with van der Waals surface area (Å²) in [6.45, 7) is 13.2.